The van der Waals surface area contributed by atoms with Crippen LogP contribution in [0.5, 0.6) is 0 Å². The molecule has 0 aromatic carbocycles. The minimum absolute atomic E-state index is 0.319. The summed E-state index contributed by atoms with van der Waals surface area (Å²) in [7, 11) is 0. The van der Waals surface area contributed by atoms with Crippen LogP contribution in [-0.4, -0.2) is 33.0 Å². The van der Waals surface area contributed by atoms with Crippen LogP contribution in [0.1, 0.15) is 46.5 Å². The molecular formula is C12H22O6. The van der Waals surface area contributed by atoms with Gasteiger partial charge in [-0.3, -0.25) is 14.8 Å². The fourth-order valence-electron chi connectivity index (χ4n) is 1.59. The number of carbonyl (C=O) groups is 2. The molecule has 3 N–H and O–H groups in total. The summed E-state index contributed by atoms with van der Waals surface area (Å²) in [4.78, 5) is 24.9. The second-order valence-corrected chi connectivity index (χ2v) is 5.43. The van der Waals surface area contributed by atoms with Gasteiger partial charge in [-0.15, -0.1) is 0 Å². The van der Waals surface area contributed by atoms with E-state index in [9.17, 15) is 9.59 Å². The molecule has 1 saturated carbocycles. The van der Waals surface area contributed by atoms with Crippen molar-refractivity contribution in [1.29, 1.82) is 0 Å². The summed E-state index contributed by atoms with van der Waals surface area (Å²) in [5.74, 6) is -2.22. The quantitative estimate of drug-likeness (QED) is 0.520. The van der Waals surface area contributed by atoms with E-state index >= 15 is 0 Å². The summed E-state index contributed by atoms with van der Waals surface area (Å²) in [5, 5.41) is 25.1. The molecule has 6 nitrogen and oxygen atoms in total. The van der Waals surface area contributed by atoms with Crippen LogP contribution >= 0.6 is 0 Å². The number of rotatable bonds is 2. The number of hydrogen-bond acceptors (Lipinski definition) is 4. The molecule has 6 heteroatoms. The Kier molecular flexibility index (Phi) is 6.86. The molecule has 1 aliphatic carbocycles. The lowest BCUT2D eigenvalue weighted by molar-refractivity contribution is -0.306. The predicted molar refractivity (Wildman–Crippen MR) is 64.2 cm³/mol. The highest BCUT2D eigenvalue weighted by atomic mass is 17.1. The molecule has 0 spiro atoms. The van der Waals surface area contributed by atoms with Gasteiger partial charge in [0.2, 0.25) is 0 Å². The highest BCUT2D eigenvalue weighted by molar-refractivity contribution is 5.72. The summed E-state index contributed by atoms with van der Waals surface area (Å²) < 4.78 is 0. The van der Waals surface area contributed by atoms with Gasteiger partial charge >= 0.3 is 11.9 Å². The van der Waals surface area contributed by atoms with E-state index in [0.717, 1.165) is 0 Å². The Bertz CT molecular complexity index is 251. The van der Waals surface area contributed by atoms with E-state index in [1.165, 1.54) is 0 Å². The van der Waals surface area contributed by atoms with Crippen molar-refractivity contribution in [3.8, 4) is 0 Å². The first kappa shape index (κ1) is 16.9. The van der Waals surface area contributed by atoms with Crippen molar-refractivity contribution in [2.24, 2.45) is 11.8 Å². The Balaban J connectivity index is 0.000000411. The monoisotopic (exact) mass is 262 g/mol. The third-order valence-electron chi connectivity index (χ3n) is 2.70. The number of carboxylic acid groups (broad SMARTS) is 2. The molecule has 0 aromatic heterocycles. The minimum Gasteiger partial charge on any atom is -0.481 e. The van der Waals surface area contributed by atoms with Gasteiger partial charge in [0.25, 0.3) is 0 Å². The molecule has 0 amide bonds. The second-order valence-electron chi connectivity index (χ2n) is 5.43. The number of aliphatic carboxylic acids is 2. The Morgan fingerprint density at radius 3 is 1.28 bits per heavy atom. The number of carboxylic acids is 2. The van der Waals surface area contributed by atoms with Gasteiger partial charge in [0.1, 0.15) is 0 Å². The van der Waals surface area contributed by atoms with E-state index in [-0.39, 0.29) is 11.8 Å². The van der Waals surface area contributed by atoms with Crippen LogP contribution in [0.2, 0.25) is 0 Å². The SMILES string of the molecule is CC(C)(C)OO.O=C(O)C1CCC(C(=O)O)CC1. The predicted octanol–water partition coefficient (Wildman–Crippen LogP) is 2.24. The lowest BCUT2D eigenvalue weighted by atomic mass is 9.82. The van der Waals surface area contributed by atoms with Crippen LogP contribution < -0.4 is 0 Å². The van der Waals surface area contributed by atoms with Crippen LogP contribution in [0.3, 0.4) is 0 Å². The number of hydrogen-bond donors (Lipinski definition) is 3. The van der Waals surface area contributed by atoms with Crippen LogP contribution in [0.25, 0.3) is 0 Å². The molecule has 0 aromatic rings. The third-order valence-corrected chi connectivity index (χ3v) is 2.70. The standard InChI is InChI=1S/C8H12O4.C4H10O2/c9-7(10)5-1-2-6(4-3-5)8(11)12;1-4(2,3)6-5/h5-6H,1-4H2,(H,9,10)(H,11,12);5H,1-3H3. The van der Waals surface area contributed by atoms with Crippen LogP contribution in [0.4, 0.5) is 0 Å². The van der Waals surface area contributed by atoms with Gasteiger partial charge in [-0.2, -0.15) is 0 Å². The van der Waals surface area contributed by atoms with Gasteiger partial charge < -0.3 is 10.2 Å². The molecule has 1 rings (SSSR count). The van der Waals surface area contributed by atoms with Crippen molar-refractivity contribution < 1.29 is 29.9 Å². The van der Waals surface area contributed by atoms with E-state index in [0.29, 0.717) is 25.7 Å². The smallest absolute Gasteiger partial charge is 0.306 e. The summed E-state index contributed by atoms with van der Waals surface area (Å²) in [6, 6.07) is 0. The maximum absolute atomic E-state index is 10.5. The van der Waals surface area contributed by atoms with Gasteiger partial charge in [0.05, 0.1) is 17.4 Å². The molecule has 106 valence electrons. The first-order valence-corrected chi connectivity index (χ1v) is 5.95. The zero-order chi connectivity index (χ0) is 14.3. The van der Waals surface area contributed by atoms with Crippen molar-refractivity contribution in [3.63, 3.8) is 0 Å². The van der Waals surface area contributed by atoms with E-state index in [4.69, 9.17) is 15.5 Å². The lowest BCUT2D eigenvalue weighted by Gasteiger charge is -2.22. The normalized spacial score (nSPS) is 23.8. The minimum atomic E-state index is -0.793. The molecule has 1 aliphatic rings. The molecule has 0 radical (unpaired) electrons. The van der Waals surface area contributed by atoms with Crippen LogP contribution in [-0.2, 0) is 14.5 Å². The van der Waals surface area contributed by atoms with Crippen molar-refractivity contribution in [2.45, 2.75) is 52.1 Å². The van der Waals surface area contributed by atoms with Crippen molar-refractivity contribution >= 4 is 11.9 Å². The van der Waals surface area contributed by atoms with Gasteiger partial charge in [-0.1, -0.05) is 0 Å². The average molecular weight is 262 g/mol. The van der Waals surface area contributed by atoms with Gasteiger partial charge in [-0.25, -0.2) is 4.89 Å². The largest absolute Gasteiger partial charge is 0.481 e. The summed E-state index contributed by atoms with van der Waals surface area (Å²) in [5.41, 5.74) is -0.403. The highest BCUT2D eigenvalue weighted by Gasteiger charge is 2.29. The van der Waals surface area contributed by atoms with Crippen molar-refractivity contribution in [2.75, 3.05) is 0 Å². The van der Waals surface area contributed by atoms with Gasteiger partial charge in [-0.05, 0) is 46.5 Å². The van der Waals surface area contributed by atoms with E-state index in [1.807, 2.05) is 0 Å². The highest BCUT2D eigenvalue weighted by Crippen LogP contribution is 2.28. The molecule has 0 unspecified atom stereocenters. The molecule has 1 fully saturated rings. The maximum atomic E-state index is 10.5. The van der Waals surface area contributed by atoms with Crippen LogP contribution in [0.15, 0.2) is 0 Å². The fourth-order valence-corrected chi connectivity index (χ4v) is 1.59. The molecule has 0 bridgehead atoms. The molecular weight excluding hydrogens is 240 g/mol. The topological polar surface area (TPSA) is 104 Å². The first-order valence-electron chi connectivity index (χ1n) is 5.95. The molecule has 0 saturated heterocycles. The average Bonchev–Trinajstić information content (AvgIpc) is 2.29. The Hall–Kier alpha value is -1.14. The molecule has 0 atom stereocenters. The van der Waals surface area contributed by atoms with Gasteiger partial charge in [0, 0.05) is 0 Å². The van der Waals surface area contributed by atoms with Crippen molar-refractivity contribution in [1.82, 2.24) is 0 Å². The summed E-state index contributed by atoms with van der Waals surface area (Å²) in [6.45, 7) is 5.31. The Morgan fingerprint density at radius 1 is 0.944 bits per heavy atom. The lowest BCUT2D eigenvalue weighted by Crippen LogP contribution is -2.25. The van der Waals surface area contributed by atoms with E-state index in [1.54, 1.807) is 20.8 Å². The van der Waals surface area contributed by atoms with Gasteiger partial charge in [0.15, 0.2) is 0 Å². The third kappa shape index (κ3) is 7.24. The van der Waals surface area contributed by atoms with Crippen LogP contribution in [0, 0.1) is 11.8 Å². The zero-order valence-corrected chi connectivity index (χ0v) is 11.0. The molecule has 0 aliphatic heterocycles. The van der Waals surface area contributed by atoms with E-state index in [2.05, 4.69) is 4.89 Å². The zero-order valence-electron chi connectivity index (χ0n) is 11.0. The Morgan fingerprint density at radius 2 is 1.17 bits per heavy atom. The van der Waals surface area contributed by atoms with Crippen molar-refractivity contribution in [3.05, 3.63) is 0 Å². The van der Waals surface area contributed by atoms with E-state index < -0.39 is 17.5 Å². The summed E-state index contributed by atoms with van der Waals surface area (Å²) >= 11 is 0. The Labute approximate surface area is 107 Å². The summed E-state index contributed by atoms with van der Waals surface area (Å²) in [6.07, 6.45) is 2.03. The second kappa shape index (κ2) is 7.33. The maximum Gasteiger partial charge on any atom is 0.306 e. The first-order chi connectivity index (χ1) is 8.17. The fraction of sp³-hybridized carbons (Fsp3) is 0.833. The molecule has 0 heterocycles. The molecule has 18 heavy (non-hydrogen) atoms.